The summed E-state index contributed by atoms with van der Waals surface area (Å²) in [4.78, 5) is 46.6. The highest BCUT2D eigenvalue weighted by Crippen LogP contribution is 2.17. The third-order valence-corrected chi connectivity index (χ3v) is 3.22. The minimum absolute atomic E-state index is 0.0218. The maximum Gasteiger partial charge on any atom is 0.412 e. The Morgan fingerprint density at radius 1 is 1.21 bits per heavy atom. The fourth-order valence-electron chi connectivity index (χ4n) is 1.69. The third-order valence-electron chi connectivity index (χ3n) is 3.22. The van der Waals surface area contributed by atoms with Crippen molar-refractivity contribution in [3.63, 3.8) is 0 Å². The molecule has 8 heteroatoms. The first-order valence-corrected chi connectivity index (χ1v) is 7.49. The molecule has 0 bridgehead atoms. The summed E-state index contributed by atoms with van der Waals surface area (Å²) >= 11 is 0. The van der Waals surface area contributed by atoms with Crippen LogP contribution in [-0.2, 0) is 9.59 Å². The molecule has 0 spiro atoms. The molecular weight excluding hydrogens is 314 g/mol. The van der Waals surface area contributed by atoms with Crippen LogP contribution in [0.25, 0.3) is 0 Å². The molecule has 0 unspecified atom stereocenters. The highest BCUT2D eigenvalue weighted by molar-refractivity contribution is 5.87. The molecule has 1 rings (SSSR count). The topological polar surface area (TPSA) is 105 Å². The maximum atomic E-state index is 11.9. The number of Topliss-reactive ketones (excluding diaryl/α,β-unsaturated/α-hetero) is 1. The molecule has 24 heavy (non-hydrogen) atoms. The number of hydrogen-bond acceptors (Lipinski definition) is 6. The lowest BCUT2D eigenvalue weighted by molar-refractivity contribution is -0.134. The molecule has 0 aromatic heterocycles. The van der Waals surface area contributed by atoms with Crippen molar-refractivity contribution in [2.75, 3.05) is 20.1 Å². The van der Waals surface area contributed by atoms with Crippen LogP contribution in [0.2, 0.25) is 0 Å². The van der Waals surface area contributed by atoms with Crippen molar-refractivity contribution in [2.24, 2.45) is 11.1 Å². The van der Waals surface area contributed by atoms with E-state index in [4.69, 9.17) is 4.74 Å². The highest BCUT2D eigenvalue weighted by Gasteiger charge is 2.15. The molecule has 0 fully saturated rings. The van der Waals surface area contributed by atoms with E-state index in [9.17, 15) is 19.3 Å². The van der Waals surface area contributed by atoms with Gasteiger partial charge in [0.15, 0.2) is 5.78 Å². The van der Waals surface area contributed by atoms with E-state index in [0.29, 0.717) is 0 Å². The minimum atomic E-state index is -0.712. The Morgan fingerprint density at radius 2 is 1.83 bits per heavy atom. The van der Waals surface area contributed by atoms with E-state index < -0.39 is 6.09 Å². The summed E-state index contributed by atoms with van der Waals surface area (Å²) in [5.41, 5.74) is 0.229. The van der Waals surface area contributed by atoms with Gasteiger partial charge in [-0.15, -0.1) is 4.91 Å². The van der Waals surface area contributed by atoms with Crippen LogP contribution < -0.4 is 10.1 Å². The lowest BCUT2D eigenvalue weighted by atomic mass is 10.1. The molecule has 1 N–H and O–H groups in total. The molecule has 0 atom stereocenters. The fraction of sp³-hybridized carbons (Fsp3) is 0.438. The Labute approximate surface area is 140 Å². The quantitative estimate of drug-likeness (QED) is 0.734. The first kappa shape index (κ1) is 19.3. The van der Waals surface area contributed by atoms with Gasteiger partial charge in [-0.2, -0.15) is 0 Å². The first-order valence-electron chi connectivity index (χ1n) is 7.49. The second-order valence-electron chi connectivity index (χ2n) is 5.52. The van der Waals surface area contributed by atoms with Crippen molar-refractivity contribution >= 4 is 23.5 Å². The van der Waals surface area contributed by atoms with E-state index in [1.54, 1.807) is 20.9 Å². The predicted octanol–water partition coefficient (Wildman–Crippen LogP) is 2.25. The van der Waals surface area contributed by atoms with Crippen LogP contribution >= 0.6 is 0 Å². The zero-order chi connectivity index (χ0) is 18.1. The maximum absolute atomic E-state index is 11.9. The van der Waals surface area contributed by atoms with Crippen LogP contribution in [0.15, 0.2) is 29.4 Å². The predicted molar refractivity (Wildman–Crippen MR) is 88.0 cm³/mol. The van der Waals surface area contributed by atoms with Crippen LogP contribution in [0.4, 0.5) is 10.5 Å². The molecule has 1 aromatic rings. The molecule has 130 valence electrons. The molecule has 0 heterocycles. The van der Waals surface area contributed by atoms with Crippen LogP contribution in [0, 0.1) is 10.8 Å². The van der Waals surface area contributed by atoms with Crippen molar-refractivity contribution in [2.45, 2.75) is 20.3 Å². The Balaban J connectivity index is 2.32. The van der Waals surface area contributed by atoms with Crippen molar-refractivity contribution in [3.05, 3.63) is 29.2 Å². The van der Waals surface area contributed by atoms with Crippen LogP contribution in [0.3, 0.4) is 0 Å². The number of nitrogens with one attached hydrogen (secondary N) is 1. The van der Waals surface area contributed by atoms with Crippen molar-refractivity contribution < 1.29 is 19.1 Å². The number of carbonyl (C=O) groups is 3. The van der Waals surface area contributed by atoms with E-state index in [0.717, 1.165) is 0 Å². The Hall–Kier alpha value is -2.77. The van der Waals surface area contributed by atoms with Crippen LogP contribution in [-0.4, -0.2) is 42.8 Å². The standard InChI is InChI=1S/C16H21N3O5/c1-11(2)14(20)10-19(3)15(21)8-9-17-16(22)24-13-6-4-12(18-23)5-7-13/h4-7,11H,8-10H2,1-3H3,(H,17,22). The molecule has 0 aliphatic heterocycles. The van der Waals surface area contributed by atoms with Gasteiger partial charge in [0.25, 0.3) is 0 Å². The lowest BCUT2D eigenvalue weighted by Gasteiger charge is -2.17. The SMILES string of the molecule is CC(C)C(=O)CN(C)C(=O)CCNC(=O)Oc1ccc(N=O)cc1. The summed E-state index contributed by atoms with van der Waals surface area (Å²) in [7, 11) is 1.55. The number of hydrogen-bond donors (Lipinski definition) is 1. The number of amides is 2. The number of ketones is 1. The Morgan fingerprint density at radius 3 is 2.38 bits per heavy atom. The van der Waals surface area contributed by atoms with Gasteiger partial charge in [-0.1, -0.05) is 13.8 Å². The van der Waals surface area contributed by atoms with Gasteiger partial charge < -0.3 is 15.0 Å². The van der Waals surface area contributed by atoms with E-state index in [1.807, 2.05) is 0 Å². The number of carbonyl (C=O) groups excluding carboxylic acids is 3. The number of likely N-dealkylation sites (N-methyl/N-ethyl adjacent to an activating group) is 1. The van der Waals surface area contributed by atoms with E-state index in [-0.39, 0.29) is 48.6 Å². The summed E-state index contributed by atoms with van der Waals surface area (Å²) in [6.07, 6.45) is -0.652. The van der Waals surface area contributed by atoms with Crippen molar-refractivity contribution in [3.8, 4) is 5.75 Å². The molecular formula is C16H21N3O5. The summed E-state index contributed by atoms with van der Waals surface area (Å²) in [5, 5.41) is 5.18. The largest absolute Gasteiger partial charge is 0.412 e. The van der Waals surface area contributed by atoms with Gasteiger partial charge in [-0.05, 0) is 29.4 Å². The number of nitroso groups, excluding NO2 is 1. The monoisotopic (exact) mass is 335 g/mol. The zero-order valence-corrected chi connectivity index (χ0v) is 13.9. The zero-order valence-electron chi connectivity index (χ0n) is 13.9. The van der Waals surface area contributed by atoms with Gasteiger partial charge in [0.1, 0.15) is 11.4 Å². The Kier molecular flexibility index (Phi) is 7.54. The number of ether oxygens (including phenoxy) is 1. The number of nitrogens with zero attached hydrogens (tertiary/aromatic N) is 2. The van der Waals surface area contributed by atoms with Gasteiger partial charge in [-0.25, -0.2) is 4.79 Å². The molecule has 1 aromatic carbocycles. The summed E-state index contributed by atoms with van der Waals surface area (Å²) in [6.45, 7) is 3.69. The summed E-state index contributed by atoms with van der Waals surface area (Å²) < 4.78 is 4.98. The smallest absolute Gasteiger partial charge is 0.410 e. The van der Waals surface area contributed by atoms with E-state index in [1.165, 1.54) is 29.2 Å². The van der Waals surface area contributed by atoms with Crippen molar-refractivity contribution in [1.29, 1.82) is 0 Å². The summed E-state index contributed by atoms with van der Waals surface area (Å²) in [5.74, 6) is -0.141. The van der Waals surface area contributed by atoms with Gasteiger partial charge in [-0.3, -0.25) is 9.59 Å². The molecule has 2 amide bonds. The molecule has 0 aliphatic rings. The average molecular weight is 335 g/mol. The second kappa shape index (κ2) is 9.39. The molecule has 0 saturated carbocycles. The number of benzene rings is 1. The average Bonchev–Trinajstić information content (AvgIpc) is 2.55. The number of rotatable bonds is 8. The molecule has 0 radical (unpaired) electrons. The normalized spacial score (nSPS) is 10.2. The van der Waals surface area contributed by atoms with Crippen molar-refractivity contribution in [1.82, 2.24) is 10.2 Å². The third kappa shape index (κ3) is 6.55. The lowest BCUT2D eigenvalue weighted by Crippen LogP contribution is -2.36. The van der Waals surface area contributed by atoms with Crippen LogP contribution in [0.1, 0.15) is 20.3 Å². The molecule has 8 nitrogen and oxygen atoms in total. The van der Waals surface area contributed by atoms with Crippen LogP contribution in [0.5, 0.6) is 5.75 Å². The highest BCUT2D eigenvalue weighted by atomic mass is 16.6. The minimum Gasteiger partial charge on any atom is -0.410 e. The van der Waals surface area contributed by atoms with Gasteiger partial charge in [0.05, 0.1) is 6.54 Å². The summed E-state index contributed by atoms with van der Waals surface area (Å²) in [6, 6.07) is 5.71. The molecule has 0 saturated heterocycles. The fourth-order valence-corrected chi connectivity index (χ4v) is 1.69. The molecule has 0 aliphatic carbocycles. The second-order valence-corrected chi connectivity index (χ2v) is 5.52. The van der Waals surface area contributed by atoms with Gasteiger partial charge in [0, 0.05) is 25.9 Å². The first-order chi connectivity index (χ1) is 11.3. The van der Waals surface area contributed by atoms with E-state index >= 15 is 0 Å². The van der Waals surface area contributed by atoms with E-state index in [2.05, 4.69) is 10.5 Å². The van der Waals surface area contributed by atoms with Gasteiger partial charge >= 0.3 is 6.09 Å². The van der Waals surface area contributed by atoms with Gasteiger partial charge in [0.2, 0.25) is 5.91 Å². The Bertz CT molecular complexity index is 598.